The average molecular weight is 328 g/mol. The van der Waals surface area contributed by atoms with Crippen molar-refractivity contribution in [3.05, 3.63) is 48.5 Å². The van der Waals surface area contributed by atoms with Crippen molar-refractivity contribution < 1.29 is 9.53 Å². The Hall–Kier alpha value is -2.21. The van der Waals surface area contributed by atoms with Gasteiger partial charge in [-0.25, -0.2) is 9.67 Å². The molecular weight excluding hydrogens is 304 g/mol. The number of piperidine rings is 1. The number of likely N-dealkylation sites (tertiary alicyclic amines) is 1. The van der Waals surface area contributed by atoms with Crippen molar-refractivity contribution in [2.75, 3.05) is 19.7 Å². The SMILES string of the molecule is C[C@@H](COCc1ccccc1)C(=O)N1CCC[C@H](n2cncn2)C1. The molecule has 2 atom stereocenters. The number of ether oxygens (including phenoxy) is 1. The molecule has 24 heavy (non-hydrogen) atoms. The van der Waals surface area contributed by atoms with E-state index in [9.17, 15) is 4.79 Å². The molecule has 1 aromatic heterocycles. The first-order valence-corrected chi connectivity index (χ1v) is 8.48. The minimum atomic E-state index is -0.136. The molecule has 1 saturated heterocycles. The fraction of sp³-hybridized carbons (Fsp3) is 0.500. The van der Waals surface area contributed by atoms with Crippen molar-refractivity contribution in [1.82, 2.24) is 19.7 Å². The number of rotatable bonds is 6. The molecule has 0 unspecified atom stereocenters. The molecule has 1 amide bonds. The van der Waals surface area contributed by atoms with Gasteiger partial charge in [0.25, 0.3) is 0 Å². The van der Waals surface area contributed by atoms with Crippen LogP contribution in [0, 0.1) is 5.92 Å². The minimum Gasteiger partial charge on any atom is -0.376 e. The fourth-order valence-electron chi connectivity index (χ4n) is 3.09. The molecular formula is C18H24N4O2. The van der Waals surface area contributed by atoms with E-state index in [0.29, 0.717) is 19.8 Å². The summed E-state index contributed by atoms with van der Waals surface area (Å²) < 4.78 is 7.57. The van der Waals surface area contributed by atoms with E-state index in [1.165, 1.54) is 0 Å². The Labute approximate surface area is 142 Å². The van der Waals surface area contributed by atoms with Crippen LogP contribution in [0.2, 0.25) is 0 Å². The highest BCUT2D eigenvalue weighted by atomic mass is 16.5. The zero-order chi connectivity index (χ0) is 16.8. The van der Waals surface area contributed by atoms with Gasteiger partial charge in [-0.05, 0) is 18.4 Å². The van der Waals surface area contributed by atoms with Crippen molar-refractivity contribution in [3.8, 4) is 0 Å². The predicted molar refractivity (Wildman–Crippen MR) is 90.1 cm³/mol. The molecule has 0 N–H and O–H groups in total. The van der Waals surface area contributed by atoms with E-state index in [1.807, 2.05) is 46.8 Å². The lowest BCUT2D eigenvalue weighted by molar-refractivity contribution is -0.138. The molecule has 0 saturated carbocycles. The van der Waals surface area contributed by atoms with Gasteiger partial charge in [0.1, 0.15) is 12.7 Å². The van der Waals surface area contributed by atoms with Crippen LogP contribution in [-0.4, -0.2) is 45.3 Å². The predicted octanol–water partition coefficient (Wildman–Crippen LogP) is 2.29. The molecule has 1 aliphatic heterocycles. The largest absolute Gasteiger partial charge is 0.376 e. The van der Waals surface area contributed by atoms with Gasteiger partial charge in [-0.15, -0.1) is 0 Å². The van der Waals surface area contributed by atoms with Gasteiger partial charge >= 0.3 is 0 Å². The summed E-state index contributed by atoms with van der Waals surface area (Å²) in [5.41, 5.74) is 1.13. The third-order valence-electron chi connectivity index (χ3n) is 4.42. The Morgan fingerprint density at radius 2 is 2.21 bits per heavy atom. The maximum atomic E-state index is 12.7. The van der Waals surface area contributed by atoms with E-state index in [-0.39, 0.29) is 17.9 Å². The molecule has 128 valence electrons. The summed E-state index contributed by atoms with van der Waals surface area (Å²) in [7, 11) is 0. The molecule has 6 heteroatoms. The van der Waals surface area contributed by atoms with Gasteiger partial charge in [-0.3, -0.25) is 4.79 Å². The van der Waals surface area contributed by atoms with Crippen LogP contribution in [0.25, 0.3) is 0 Å². The second-order valence-corrected chi connectivity index (χ2v) is 6.36. The molecule has 2 aromatic rings. The van der Waals surface area contributed by atoms with Crippen LogP contribution >= 0.6 is 0 Å². The van der Waals surface area contributed by atoms with E-state index < -0.39 is 0 Å². The molecule has 2 heterocycles. The molecule has 0 aliphatic carbocycles. The lowest BCUT2D eigenvalue weighted by Gasteiger charge is -2.34. The number of benzene rings is 1. The number of carbonyl (C=O) groups is 1. The number of nitrogens with zero attached hydrogens (tertiary/aromatic N) is 4. The third-order valence-corrected chi connectivity index (χ3v) is 4.42. The Bertz CT molecular complexity index is 630. The summed E-state index contributed by atoms with van der Waals surface area (Å²) in [5.74, 6) is 0.0242. The average Bonchev–Trinajstić information content (AvgIpc) is 3.17. The highest BCUT2D eigenvalue weighted by Crippen LogP contribution is 2.21. The van der Waals surface area contributed by atoms with Crippen LogP contribution in [0.15, 0.2) is 43.0 Å². The second-order valence-electron chi connectivity index (χ2n) is 6.36. The van der Waals surface area contributed by atoms with E-state index in [0.717, 1.165) is 24.9 Å². The van der Waals surface area contributed by atoms with Crippen LogP contribution in [-0.2, 0) is 16.1 Å². The third kappa shape index (κ3) is 4.20. The molecule has 6 nitrogen and oxygen atoms in total. The minimum absolute atomic E-state index is 0.136. The fourth-order valence-corrected chi connectivity index (χ4v) is 3.09. The van der Waals surface area contributed by atoms with E-state index in [2.05, 4.69) is 10.1 Å². The summed E-state index contributed by atoms with van der Waals surface area (Å²) in [6, 6.07) is 10.2. The quantitative estimate of drug-likeness (QED) is 0.816. The maximum absolute atomic E-state index is 12.7. The number of aromatic nitrogens is 3. The number of hydrogen-bond donors (Lipinski definition) is 0. The van der Waals surface area contributed by atoms with Crippen LogP contribution in [0.4, 0.5) is 0 Å². The molecule has 1 aliphatic rings. The highest BCUT2D eigenvalue weighted by molar-refractivity contribution is 5.78. The summed E-state index contributed by atoms with van der Waals surface area (Å²) in [5, 5.41) is 4.20. The summed E-state index contributed by atoms with van der Waals surface area (Å²) >= 11 is 0. The van der Waals surface area contributed by atoms with Crippen LogP contribution in [0.1, 0.15) is 31.4 Å². The van der Waals surface area contributed by atoms with Crippen molar-refractivity contribution in [2.45, 2.75) is 32.4 Å². The Balaban J connectivity index is 1.48. The van der Waals surface area contributed by atoms with E-state index in [1.54, 1.807) is 12.7 Å². The van der Waals surface area contributed by atoms with Gasteiger partial charge in [0, 0.05) is 13.1 Å². The van der Waals surface area contributed by atoms with Gasteiger partial charge < -0.3 is 9.64 Å². The number of amides is 1. The first-order valence-electron chi connectivity index (χ1n) is 8.48. The first-order chi connectivity index (χ1) is 11.7. The van der Waals surface area contributed by atoms with Crippen molar-refractivity contribution in [1.29, 1.82) is 0 Å². The molecule has 0 bridgehead atoms. The Kier molecular flexibility index (Phi) is 5.59. The normalized spacial score (nSPS) is 19.2. The van der Waals surface area contributed by atoms with Crippen LogP contribution in [0.5, 0.6) is 0 Å². The lowest BCUT2D eigenvalue weighted by Crippen LogP contribution is -2.44. The van der Waals surface area contributed by atoms with Gasteiger partial charge in [-0.2, -0.15) is 5.10 Å². The monoisotopic (exact) mass is 328 g/mol. The molecule has 1 fully saturated rings. The Morgan fingerprint density at radius 1 is 1.38 bits per heavy atom. The molecule has 1 aromatic carbocycles. The van der Waals surface area contributed by atoms with Gasteiger partial charge in [-0.1, -0.05) is 37.3 Å². The Morgan fingerprint density at radius 3 is 2.96 bits per heavy atom. The number of hydrogen-bond acceptors (Lipinski definition) is 4. The second kappa shape index (κ2) is 8.06. The lowest BCUT2D eigenvalue weighted by atomic mass is 10.0. The summed E-state index contributed by atoms with van der Waals surface area (Å²) in [4.78, 5) is 18.6. The van der Waals surface area contributed by atoms with Crippen molar-refractivity contribution in [3.63, 3.8) is 0 Å². The standard InChI is InChI=1S/C18H24N4O2/c1-15(11-24-12-16-6-3-2-4-7-16)18(23)21-9-5-8-17(10-21)22-14-19-13-20-22/h2-4,6-7,13-15,17H,5,8-12H2,1H3/t15-,17-/m0/s1. The smallest absolute Gasteiger partial charge is 0.227 e. The first kappa shape index (κ1) is 16.6. The maximum Gasteiger partial charge on any atom is 0.227 e. The summed E-state index contributed by atoms with van der Waals surface area (Å²) in [6.07, 6.45) is 5.30. The van der Waals surface area contributed by atoms with E-state index in [4.69, 9.17) is 4.74 Å². The van der Waals surface area contributed by atoms with Crippen molar-refractivity contribution >= 4 is 5.91 Å². The van der Waals surface area contributed by atoms with E-state index >= 15 is 0 Å². The zero-order valence-corrected chi connectivity index (χ0v) is 14.0. The topological polar surface area (TPSA) is 60.2 Å². The molecule has 3 rings (SSSR count). The highest BCUT2D eigenvalue weighted by Gasteiger charge is 2.28. The molecule has 0 spiro atoms. The molecule has 0 radical (unpaired) electrons. The zero-order valence-electron chi connectivity index (χ0n) is 14.0. The van der Waals surface area contributed by atoms with Crippen LogP contribution in [0.3, 0.4) is 0 Å². The van der Waals surface area contributed by atoms with Gasteiger partial charge in [0.2, 0.25) is 5.91 Å². The number of carbonyl (C=O) groups excluding carboxylic acids is 1. The van der Waals surface area contributed by atoms with Gasteiger partial charge in [0.15, 0.2) is 0 Å². The van der Waals surface area contributed by atoms with Crippen molar-refractivity contribution in [2.24, 2.45) is 5.92 Å². The summed E-state index contributed by atoms with van der Waals surface area (Å²) in [6.45, 7) is 4.43. The van der Waals surface area contributed by atoms with Gasteiger partial charge in [0.05, 0.1) is 25.2 Å². The van der Waals surface area contributed by atoms with Crippen LogP contribution < -0.4 is 0 Å².